The molecule has 0 fully saturated rings. The molecule has 3 aromatic heterocycles. The second-order valence-electron chi connectivity index (χ2n) is 16.7. The molecular weight excluding hydrogens is 787 g/mol. The molecule has 0 N–H and O–H groups in total. The van der Waals surface area contributed by atoms with Crippen LogP contribution in [0.3, 0.4) is 0 Å². The van der Waals surface area contributed by atoms with Crippen molar-refractivity contribution in [3.63, 3.8) is 0 Å². The Kier molecular flexibility index (Phi) is 8.15. The Morgan fingerprint density at radius 2 is 1.24 bits per heavy atom. The molecule has 4 nitrogen and oxygen atoms in total. The van der Waals surface area contributed by atoms with E-state index >= 15 is 0 Å². The third-order valence-electron chi connectivity index (χ3n) is 13.2. The van der Waals surface area contributed by atoms with Crippen LogP contribution >= 0.6 is 11.3 Å². The molecule has 0 saturated carbocycles. The number of rotatable bonds is 6. The average Bonchev–Trinajstić information content (AvgIpc) is 4.02. The molecule has 9 aromatic carbocycles. The highest BCUT2D eigenvalue weighted by Crippen LogP contribution is 2.43. The van der Waals surface area contributed by atoms with Crippen molar-refractivity contribution in [1.29, 1.82) is 0 Å². The van der Waals surface area contributed by atoms with Gasteiger partial charge in [0, 0.05) is 53.3 Å². The molecule has 2 atom stereocenters. The van der Waals surface area contributed by atoms with Crippen molar-refractivity contribution in [2.24, 2.45) is 15.9 Å². The molecule has 1 aliphatic rings. The number of para-hydroxylation sites is 2. The zero-order chi connectivity index (χ0) is 41.6. The Bertz CT molecular complexity index is 3870. The fourth-order valence-electron chi connectivity index (χ4n) is 10.2. The van der Waals surface area contributed by atoms with Gasteiger partial charge in [0.2, 0.25) is 0 Å². The van der Waals surface area contributed by atoms with Crippen molar-refractivity contribution in [3.05, 3.63) is 211 Å². The van der Waals surface area contributed by atoms with Crippen LogP contribution in [0.25, 0.3) is 91.5 Å². The molecule has 13 rings (SSSR count). The number of fused-ring (bicyclic) bond motifs is 10. The molecule has 0 aliphatic carbocycles. The highest BCUT2D eigenvalue weighted by molar-refractivity contribution is 7.25. The molecule has 0 spiro atoms. The van der Waals surface area contributed by atoms with Crippen LogP contribution < -0.4 is 0 Å². The van der Waals surface area contributed by atoms with Crippen molar-refractivity contribution in [2.45, 2.75) is 19.4 Å². The maximum atomic E-state index is 6.89. The number of nitrogens with zero attached hydrogens (tertiary/aromatic N) is 3. The van der Waals surface area contributed by atoms with Crippen molar-refractivity contribution >= 4 is 97.6 Å². The number of benzene rings is 9. The van der Waals surface area contributed by atoms with Crippen LogP contribution in [0.4, 0.5) is 0 Å². The van der Waals surface area contributed by atoms with Crippen molar-refractivity contribution in [3.8, 4) is 16.8 Å². The van der Waals surface area contributed by atoms with E-state index in [2.05, 4.69) is 200 Å². The number of aromatic nitrogens is 1. The van der Waals surface area contributed by atoms with Gasteiger partial charge in [-0.05, 0) is 94.0 Å². The molecular formula is C58H39N3OS. The summed E-state index contributed by atoms with van der Waals surface area (Å²) in [6, 6.07) is 70.0. The SMILES string of the molecule is CCC1C(c2cccc(-c3ccccc3)c2)=NC(c2cc(-n3c4ccccc4c4cc5ccccc5cc43)cc3c2oc2ccccc23)=NC1c1ccc2c(c1)sc1ccccc12. The number of amidine groups is 1. The zero-order valence-electron chi connectivity index (χ0n) is 34.5. The Morgan fingerprint density at radius 1 is 0.524 bits per heavy atom. The third-order valence-corrected chi connectivity index (χ3v) is 14.3. The van der Waals surface area contributed by atoms with Crippen LogP contribution in [0.15, 0.2) is 209 Å². The van der Waals surface area contributed by atoms with Crippen molar-refractivity contribution < 1.29 is 4.42 Å². The lowest BCUT2D eigenvalue weighted by Gasteiger charge is -2.30. The minimum Gasteiger partial charge on any atom is -0.455 e. The number of thiophene rings is 1. The van der Waals surface area contributed by atoms with E-state index < -0.39 is 0 Å². The van der Waals surface area contributed by atoms with Gasteiger partial charge in [-0.25, -0.2) is 4.99 Å². The van der Waals surface area contributed by atoms with E-state index in [1.807, 2.05) is 17.4 Å². The minimum atomic E-state index is -0.185. The molecule has 0 saturated heterocycles. The molecule has 298 valence electrons. The molecule has 5 heteroatoms. The molecule has 0 bridgehead atoms. The van der Waals surface area contributed by atoms with Gasteiger partial charge >= 0.3 is 0 Å². The van der Waals surface area contributed by atoms with Crippen LogP contribution in [0.2, 0.25) is 0 Å². The van der Waals surface area contributed by atoms with Gasteiger partial charge in [0.1, 0.15) is 11.2 Å². The van der Waals surface area contributed by atoms with Crippen LogP contribution in [0, 0.1) is 5.92 Å². The van der Waals surface area contributed by atoms with E-state index in [1.165, 1.54) is 58.4 Å². The van der Waals surface area contributed by atoms with E-state index in [-0.39, 0.29) is 12.0 Å². The Hall–Kier alpha value is -7.60. The first-order valence-corrected chi connectivity index (χ1v) is 22.6. The van der Waals surface area contributed by atoms with E-state index in [0.29, 0.717) is 5.84 Å². The van der Waals surface area contributed by atoms with Crippen LogP contribution in [0.5, 0.6) is 0 Å². The summed E-state index contributed by atoms with van der Waals surface area (Å²) in [6.45, 7) is 2.27. The monoisotopic (exact) mass is 825 g/mol. The highest BCUT2D eigenvalue weighted by Gasteiger charge is 2.33. The Balaban J connectivity index is 1.09. The zero-order valence-corrected chi connectivity index (χ0v) is 35.3. The number of furan rings is 1. The maximum Gasteiger partial charge on any atom is 0.159 e. The largest absolute Gasteiger partial charge is 0.455 e. The van der Waals surface area contributed by atoms with Gasteiger partial charge < -0.3 is 8.98 Å². The normalized spacial score (nSPS) is 15.6. The maximum absolute atomic E-state index is 6.89. The summed E-state index contributed by atoms with van der Waals surface area (Å²) in [6.07, 6.45) is 0.871. The summed E-state index contributed by atoms with van der Waals surface area (Å²) in [7, 11) is 0. The van der Waals surface area contributed by atoms with Gasteiger partial charge in [-0.2, -0.15) is 0 Å². The lowest BCUT2D eigenvalue weighted by molar-refractivity contribution is 0.533. The predicted molar refractivity (Wildman–Crippen MR) is 266 cm³/mol. The second kappa shape index (κ2) is 14.2. The molecule has 4 heterocycles. The van der Waals surface area contributed by atoms with Crippen LogP contribution in [-0.4, -0.2) is 16.1 Å². The van der Waals surface area contributed by atoms with Gasteiger partial charge in [0.05, 0.1) is 28.4 Å². The molecule has 63 heavy (non-hydrogen) atoms. The number of hydrogen-bond acceptors (Lipinski definition) is 4. The topological polar surface area (TPSA) is 42.8 Å². The first-order valence-electron chi connectivity index (χ1n) is 21.8. The Labute approximate surface area is 367 Å². The summed E-state index contributed by atoms with van der Waals surface area (Å²) in [5, 5.41) is 9.56. The average molecular weight is 826 g/mol. The van der Waals surface area contributed by atoms with E-state index in [4.69, 9.17) is 14.4 Å². The minimum absolute atomic E-state index is 0.0339. The van der Waals surface area contributed by atoms with Crippen molar-refractivity contribution in [2.75, 3.05) is 0 Å². The first-order chi connectivity index (χ1) is 31.2. The Morgan fingerprint density at radius 3 is 2.11 bits per heavy atom. The van der Waals surface area contributed by atoms with Crippen LogP contribution in [0.1, 0.15) is 36.1 Å². The molecule has 2 unspecified atom stereocenters. The fourth-order valence-corrected chi connectivity index (χ4v) is 11.3. The highest BCUT2D eigenvalue weighted by atomic mass is 32.1. The summed E-state index contributed by atoms with van der Waals surface area (Å²) >= 11 is 1.85. The van der Waals surface area contributed by atoms with Crippen LogP contribution in [-0.2, 0) is 0 Å². The lowest BCUT2D eigenvalue weighted by atomic mass is 9.82. The first kappa shape index (κ1) is 36.1. The summed E-state index contributed by atoms with van der Waals surface area (Å²) in [5.41, 5.74) is 11.5. The summed E-state index contributed by atoms with van der Waals surface area (Å²) in [4.78, 5) is 11.5. The van der Waals surface area contributed by atoms with Gasteiger partial charge in [-0.3, -0.25) is 4.99 Å². The smallest absolute Gasteiger partial charge is 0.159 e. The third kappa shape index (κ3) is 5.73. The van der Waals surface area contributed by atoms with Gasteiger partial charge in [0.15, 0.2) is 5.84 Å². The van der Waals surface area contributed by atoms with Crippen molar-refractivity contribution in [1.82, 2.24) is 4.57 Å². The van der Waals surface area contributed by atoms with Gasteiger partial charge in [-0.15, -0.1) is 11.3 Å². The van der Waals surface area contributed by atoms with Gasteiger partial charge in [0.25, 0.3) is 0 Å². The summed E-state index contributed by atoms with van der Waals surface area (Å²) in [5.74, 6) is 0.713. The predicted octanol–water partition coefficient (Wildman–Crippen LogP) is 15.9. The van der Waals surface area contributed by atoms with E-state index in [1.54, 1.807) is 0 Å². The van der Waals surface area contributed by atoms with Gasteiger partial charge in [-0.1, -0.05) is 146 Å². The standard InChI is InChI=1S/C58H39N3OS/c1-2-42-55(39-20-14-19-36(29-39)35-15-4-3-5-16-35)59-58(60-56(42)40-27-28-46-45-23-10-13-26-53(45)63-54(46)32-40)49-34-41(33-48-44-22-9-12-25-52(44)62-57(48)49)61-50-24-11-8-21-43(50)47-30-37-17-6-7-18-38(37)31-51(47)61/h3-34,42,56H,2H2,1H3. The van der Waals surface area contributed by atoms with E-state index in [0.717, 1.165) is 61.9 Å². The molecule has 0 radical (unpaired) electrons. The molecule has 1 aliphatic heterocycles. The fraction of sp³-hybridized carbons (Fsp3) is 0.0690. The quantitative estimate of drug-likeness (QED) is 0.165. The molecule has 12 aromatic rings. The van der Waals surface area contributed by atoms with E-state index in [9.17, 15) is 0 Å². The number of hydrogen-bond donors (Lipinski definition) is 0. The second-order valence-corrected chi connectivity index (χ2v) is 17.8. The molecule has 0 amide bonds. The lowest BCUT2D eigenvalue weighted by Crippen LogP contribution is -2.28. The number of aliphatic imine (C=N–C) groups is 2. The summed E-state index contributed by atoms with van der Waals surface area (Å²) < 4.78 is 11.9.